The number of hydrogen-bond donors (Lipinski definition) is 2. The first-order chi connectivity index (χ1) is 7.33. The van der Waals surface area contributed by atoms with Gasteiger partial charge in [0, 0.05) is 18.5 Å². The summed E-state index contributed by atoms with van der Waals surface area (Å²) in [7, 11) is 1.72. The standard InChI is InChI=1S/C11H9N3O/c1-12-7-6-10-8-4-2-3-5-9(8)11(15)14-13-10/h2-5,12H,1H3,(H,14,15). The quantitative estimate of drug-likeness (QED) is 0.478. The van der Waals surface area contributed by atoms with Crippen LogP contribution in [-0.2, 0) is 0 Å². The number of H-pyrrole nitrogens is 1. The molecule has 0 aliphatic rings. The first-order valence-electron chi connectivity index (χ1n) is 4.48. The summed E-state index contributed by atoms with van der Waals surface area (Å²) in [6.45, 7) is 0. The van der Waals surface area contributed by atoms with E-state index >= 15 is 0 Å². The lowest BCUT2D eigenvalue weighted by atomic mass is 10.1. The van der Waals surface area contributed by atoms with Gasteiger partial charge in [0.2, 0.25) is 0 Å². The van der Waals surface area contributed by atoms with Crippen LogP contribution in [0.25, 0.3) is 10.8 Å². The maximum atomic E-state index is 11.4. The molecule has 0 spiro atoms. The Balaban J connectivity index is 2.77. The van der Waals surface area contributed by atoms with Gasteiger partial charge in [0.25, 0.3) is 5.56 Å². The third-order valence-electron chi connectivity index (χ3n) is 2.00. The van der Waals surface area contributed by atoms with Crippen molar-refractivity contribution in [2.24, 2.45) is 0 Å². The Labute approximate surface area is 86.3 Å². The minimum atomic E-state index is -0.194. The highest BCUT2D eigenvalue weighted by atomic mass is 16.1. The molecule has 0 radical (unpaired) electrons. The molecule has 1 heterocycles. The molecule has 0 aliphatic carbocycles. The van der Waals surface area contributed by atoms with E-state index in [1.807, 2.05) is 18.2 Å². The van der Waals surface area contributed by atoms with Gasteiger partial charge in [-0.15, -0.1) is 0 Å². The second-order valence-electron chi connectivity index (χ2n) is 2.95. The van der Waals surface area contributed by atoms with Crippen LogP contribution in [0.4, 0.5) is 0 Å². The van der Waals surface area contributed by atoms with Gasteiger partial charge < -0.3 is 5.32 Å². The van der Waals surface area contributed by atoms with Crippen LogP contribution in [0.2, 0.25) is 0 Å². The van der Waals surface area contributed by atoms with Gasteiger partial charge in [-0.25, -0.2) is 5.10 Å². The number of hydrogen-bond acceptors (Lipinski definition) is 3. The summed E-state index contributed by atoms with van der Waals surface area (Å²) in [5.74, 6) is 2.82. The number of aromatic amines is 1. The lowest BCUT2D eigenvalue weighted by molar-refractivity contribution is 0.996. The Morgan fingerprint density at radius 3 is 2.80 bits per heavy atom. The second kappa shape index (κ2) is 3.84. The van der Waals surface area contributed by atoms with Crippen LogP contribution in [0.5, 0.6) is 0 Å². The first kappa shape index (κ1) is 9.28. The van der Waals surface area contributed by atoms with Crippen LogP contribution in [-0.4, -0.2) is 17.2 Å². The van der Waals surface area contributed by atoms with Gasteiger partial charge >= 0.3 is 0 Å². The van der Waals surface area contributed by atoms with Crippen molar-refractivity contribution in [3.8, 4) is 12.0 Å². The highest BCUT2D eigenvalue weighted by molar-refractivity contribution is 5.85. The monoisotopic (exact) mass is 199 g/mol. The van der Waals surface area contributed by atoms with Gasteiger partial charge in [-0.2, -0.15) is 5.10 Å². The molecule has 0 aliphatic heterocycles. The van der Waals surface area contributed by atoms with E-state index in [0.29, 0.717) is 11.1 Å². The Hall–Kier alpha value is -2.28. The molecule has 0 saturated heterocycles. The summed E-state index contributed by atoms with van der Waals surface area (Å²) >= 11 is 0. The predicted octanol–water partition coefficient (Wildman–Crippen LogP) is 0.451. The largest absolute Gasteiger partial charge is 0.349 e. The van der Waals surface area contributed by atoms with Crippen LogP contribution in [0.1, 0.15) is 5.69 Å². The summed E-state index contributed by atoms with van der Waals surface area (Å²) in [4.78, 5) is 11.4. The van der Waals surface area contributed by atoms with E-state index in [1.165, 1.54) is 0 Å². The molecule has 4 nitrogen and oxygen atoms in total. The van der Waals surface area contributed by atoms with Crippen LogP contribution in [0.15, 0.2) is 29.1 Å². The second-order valence-corrected chi connectivity index (χ2v) is 2.95. The van der Waals surface area contributed by atoms with Gasteiger partial charge in [0.05, 0.1) is 5.39 Å². The molecule has 2 rings (SSSR count). The average molecular weight is 199 g/mol. The third-order valence-corrected chi connectivity index (χ3v) is 2.00. The molecule has 1 aromatic carbocycles. The SMILES string of the molecule is CNC#Cc1n[nH]c(=O)c2ccccc12. The van der Waals surface area contributed by atoms with Crippen molar-refractivity contribution in [3.05, 3.63) is 40.3 Å². The molecule has 0 unspecified atom stereocenters. The fourth-order valence-electron chi connectivity index (χ4n) is 1.33. The molecule has 4 heteroatoms. The molecule has 15 heavy (non-hydrogen) atoms. The van der Waals surface area contributed by atoms with Gasteiger partial charge in [0.15, 0.2) is 0 Å². The molecule has 0 fully saturated rings. The van der Waals surface area contributed by atoms with Crippen molar-refractivity contribution in [1.82, 2.24) is 15.5 Å². The van der Waals surface area contributed by atoms with Gasteiger partial charge in [-0.05, 0) is 12.0 Å². The van der Waals surface area contributed by atoms with Crippen molar-refractivity contribution < 1.29 is 0 Å². The van der Waals surface area contributed by atoms with E-state index < -0.39 is 0 Å². The van der Waals surface area contributed by atoms with E-state index in [4.69, 9.17) is 0 Å². The van der Waals surface area contributed by atoms with Gasteiger partial charge in [-0.1, -0.05) is 18.2 Å². The lowest BCUT2D eigenvalue weighted by Gasteiger charge is -1.97. The maximum Gasteiger partial charge on any atom is 0.272 e. The zero-order valence-corrected chi connectivity index (χ0v) is 8.16. The van der Waals surface area contributed by atoms with Crippen LogP contribution < -0.4 is 10.9 Å². The zero-order chi connectivity index (χ0) is 10.7. The average Bonchev–Trinajstić information content (AvgIpc) is 2.29. The normalized spacial score (nSPS) is 9.40. The number of aromatic nitrogens is 2. The summed E-state index contributed by atoms with van der Waals surface area (Å²) in [5.41, 5.74) is 0.375. The lowest BCUT2D eigenvalue weighted by Crippen LogP contribution is -2.09. The zero-order valence-electron chi connectivity index (χ0n) is 8.16. The third kappa shape index (κ3) is 1.67. The van der Waals surface area contributed by atoms with Crippen molar-refractivity contribution in [2.45, 2.75) is 0 Å². The van der Waals surface area contributed by atoms with E-state index in [2.05, 4.69) is 27.5 Å². The Morgan fingerprint density at radius 2 is 2.07 bits per heavy atom. The molecule has 0 atom stereocenters. The molecular weight excluding hydrogens is 190 g/mol. The first-order valence-corrected chi connectivity index (χ1v) is 4.48. The van der Waals surface area contributed by atoms with Crippen LogP contribution in [0, 0.1) is 12.0 Å². The maximum absolute atomic E-state index is 11.4. The number of benzene rings is 1. The Morgan fingerprint density at radius 1 is 1.33 bits per heavy atom. The smallest absolute Gasteiger partial charge is 0.272 e. The summed E-state index contributed by atoms with van der Waals surface area (Å²) < 4.78 is 0. The van der Waals surface area contributed by atoms with Crippen molar-refractivity contribution in [3.63, 3.8) is 0 Å². The molecule has 74 valence electrons. The fraction of sp³-hybridized carbons (Fsp3) is 0.0909. The predicted molar refractivity (Wildman–Crippen MR) is 58.3 cm³/mol. The van der Waals surface area contributed by atoms with E-state index in [1.54, 1.807) is 13.1 Å². The number of nitrogens with zero attached hydrogens (tertiary/aromatic N) is 1. The molecule has 1 aromatic heterocycles. The van der Waals surface area contributed by atoms with Gasteiger partial charge in [0.1, 0.15) is 5.69 Å². The van der Waals surface area contributed by atoms with E-state index in [0.717, 1.165) is 5.39 Å². The fourth-order valence-corrected chi connectivity index (χ4v) is 1.33. The van der Waals surface area contributed by atoms with Crippen LogP contribution >= 0.6 is 0 Å². The highest BCUT2D eigenvalue weighted by Gasteiger charge is 2.02. The van der Waals surface area contributed by atoms with Crippen molar-refractivity contribution >= 4 is 10.8 Å². The molecule has 0 amide bonds. The molecule has 0 bridgehead atoms. The van der Waals surface area contributed by atoms with E-state index in [-0.39, 0.29) is 5.56 Å². The topological polar surface area (TPSA) is 57.8 Å². The molecular formula is C11H9N3O. The summed E-state index contributed by atoms with van der Waals surface area (Å²) in [6.07, 6.45) is 0. The Bertz CT molecular complexity index is 604. The molecule has 0 saturated carbocycles. The van der Waals surface area contributed by atoms with Crippen LogP contribution in [0.3, 0.4) is 0 Å². The number of fused-ring (bicyclic) bond motifs is 1. The number of nitrogens with one attached hydrogen (secondary N) is 2. The van der Waals surface area contributed by atoms with Crippen molar-refractivity contribution in [1.29, 1.82) is 0 Å². The number of rotatable bonds is 0. The van der Waals surface area contributed by atoms with Gasteiger partial charge in [-0.3, -0.25) is 4.79 Å². The molecule has 2 aromatic rings. The minimum Gasteiger partial charge on any atom is -0.349 e. The Kier molecular flexibility index (Phi) is 2.38. The van der Waals surface area contributed by atoms with Crippen molar-refractivity contribution in [2.75, 3.05) is 7.05 Å². The summed E-state index contributed by atoms with van der Waals surface area (Å²) in [5, 5.41) is 10.4. The molecule has 2 N–H and O–H groups in total. The minimum absolute atomic E-state index is 0.194. The highest BCUT2D eigenvalue weighted by Crippen LogP contribution is 2.10. The van der Waals surface area contributed by atoms with E-state index in [9.17, 15) is 4.79 Å². The summed E-state index contributed by atoms with van der Waals surface area (Å²) in [6, 6.07) is 9.94.